The molecule has 3 N–H and O–H groups in total. The van der Waals surface area contributed by atoms with Crippen molar-refractivity contribution < 1.29 is 5.11 Å². The van der Waals surface area contributed by atoms with E-state index in [1.807, 2.05) is 29.1 Å². The number of aryl methyl sites for hydroxylation is 2. The van der Waals surface area contributed by atoms with Gasteiger partial charge in [-0.15, -0.1) is 0 Å². The lowest BCUT2D eigenvalue weighted by molar-refractivity contribution is 0.102. The van der Waals surface area contributed by atoms with E-state index in [0.717, 1.165) is 37.9 Å². The number of benzene rings is 1. The highest BCUT2D eigenvalue weighted by molar-refractivity contribution is 5.14. The first-order valence-electron chi connectivity index (χ1n) is 8.93. The summed E-state index contributed by atoms with van der Waals surface area (Å²) in [5.41, 5.74) is 2.40. The van der Waals surface area contributed by atoms with Gasteiger partial charge in [-0.3, -0.25) is 10.00 Å². The van der Waals surface area contributed by atoms with Gasteiger partial charge >= 0.3 is 0 Å². The number of nitrogens with one attached hydrogen (secondary N) is 2. The smallest absolute Gasteiger partial charge is 0.0842 e. The van der Waals surface area contributed by atoms with Gasteiger partial charge in [0.2, 0.25) is 0 Å². The topological polar surface area (TPSA) is 62.1 Å². The Morgan fingerprint density at radius 2 is 1.92 bits per heavy atom. The molecule has 132 valence electrons. The zero-order chi connectivity index (χ0) is 17.2. The standard InChI is InChI=1S/C19H30N4O/c1-3-12-23-15-17(14-22-23)13-21-19(20-4-2)18(24)11-10-16-8-6-5-7-9-16/h5-9,14-15,18-21,24H,3-4,10-13H2,1-2H3/t18-,19?/m1/s1. The van der Waals surface area contributed by atoms with Gasteiger partial charge in [0.1, 0.15) is 0 Å². The lowest BCUT2D eigenvalue weighted by atomic mass is 10.1. The van der Waals surface area contributed by atoms with E-state index in [0.29, 0.717) is 6.54 Å². The predicted molar refractivity (Wildman–Crippen MR) is 97.6 cm³/mol. The van der Waals surface area contributed by atoms with Crippen LogP contribution in [-0.2, 0) is 19.5 Å². The maximum atomic E-state index is 10.5. The van der Waals surface area contributed by atoms with Crippen LogP contribution in [0.4, 0.5) is 0 Å². The summed E-state index contributed by atoms with van der Waals surface area (Å²) in [7, 11) is 0. The molecule has 5 heteroatoms. The van der Waals surface area contributed by atoms with Crippen molar-refractivity contribution in [3.63, 3.8) is 0 Å². The maximum Gasteiger partial charge on any atom is 0.0842 e. The highest BCUT2D eigenvalue weighted by atomic mass is 16.3. The predicted octanol–water partition coefficient (Wildman–Crippen LogP) is 2.31. The molecule has 0 fully saturated rings. The van der Waals surface area contributed by atoms with E-state index in [-0.39, 0.29) is 6.17 Å². The zero-order valence-electron chi connectivity index (χ0n) is 14.8. The van der Waals surface area contributed by atoms with Gasteiger partial charge < -0.3 is 10.4 Å². The zero-order valence-corrected chi connectivity index (χ0v) is 14.8. The molecule has 0 aliphatic carbocycles. The first kappa shape index (κ1) is 18.6. The number of likely N-dealkylation sites (N-methyl/N-ethyl adjacent to an activating group) is 1. The Hall–Kier alpha value is -1.69. The molecule has 2 rings (SSSR count). The van der Waals surface area contributed by atoms with E-state index >= 15 is 0 Å². The minimum Gasteiger partial charge on any atom is -0.390 e. The molecule has 1 aromatic carbocycles. The third-order valence-electron chi connectivity index (χ3n) is 4.05. The molecule has 1 heterocycles. The molecule has 1 unspecified atom stereocenters. The van der Waals surface area contributed by atoms with Gasteiger partial charge in [0, 0.05) is 24.8 Å². The van der Waals surface area contributed by atoms with Crippen LogP contribution in [-0.4, -0.2) is 33.7 Å². The summed E-state index contributed by atoms with van der Waals surface area (Å²) in [4.78, 5) is 0. The molecule has 0 amide bonds. The number of aliphatic hydroxyl groups is 1. The summed E-state index contributed by atoms with van der Waals surface area (Å²) in [5, 5.41) is 21.6. The van der Waals surface area contributed by atoms with Crippen molar-refractivity contribution >= 4 is 0 Å². The highest BCUT2D eigenvalue weighted by Crippen LogP contribution is 2.08. The molecule has 1 aromatic heterocycles. The summed E-state index contributed by atoms with van der Waals surface area (Å²) < 4.78 is 1.96. The highest BCUT2D eigenvalue weighted by Gasteiger charge is 2.17. The molecule has 0 aliphatic rings. The summed E-state index contributed by atoms with van der Waals surface area (Å²) in [6.07, 6.45) is 6.08. The molecule has 2 atom stereocenters. The van der Waals surface area contributed by atoms with E-state index in [4.69, 9.17) is 0 Å². The Kier molecular flexibility index (Phi) is 7.95. The normalized spacial score (nSPS) is 13.8. The Morgan fingerprint density at radius 3 is 2.62 bits per heavy atom. The van der Waals surface area contributed by atoms with Crippen LogP contribution >= 0.6 is 0 Å². The van der Waals surface area contributed by atoms with Crippen LogP contribution in [0.25, 0.3) is 0 Å². The van der Waals surface area contributed by atoms with Crippen molar-refractivity contribution in [1.29, 1.82) is 0 Å². The van der Waals surface area contributed by atoms with Gasteiger partial charge in [-0.1, -0.05) is 44.2 Å². The molecule has 0 saturated heterocycles. The SMILES string of the molecule is CCCn1cc(CNC(NCC)[C@H](O)CCc2ccccc2)cn1. The van der Waals surface area contributed by atoms with Crippen LogP contribution in [0.5, 0.6) is 0 Å². The number of nitrogens with zero attached hydrogens (tertiary/aromatic N) is 2. The van der Waals surface area contributed by atoms with Crippen LogP contribution in [0.15, 0.2) is 42.7 Å². The number of hydrogen-bond donors (Lipinski definition) is 3. The minimum atomic E-state index is -0.434. The van der Waals surface area contributed by atoms with Gasteiger partial charge in [-0.25, -0.2) is 0 Å². The van der Waals surface area contributed by atoms with Crippen molar-refractivity contribution in [2.24, 2.45) is 0 Å². The van der Waals surface area contributed by atoms with Crippen LogP contribution in [0, 0.1) is 0 Å². The molecule has 0 spiro atoms. The van der Waals surface area contributed by atoms with Crippen molar-refractivity contribution in [3.8, 4) is 0 Å². The fraction of sp³-hybridized carbons (Fsp3) is 0.526. The molecule has 24 heavy (non-hydrogen) atoms. The monoisotopic (exact) mass is 330 g/mol. The van der Waals surface area contributed by atoms with Crippen LogP contribution < -0.4 is 10.6 Å². The van der Waals surface area contributed by atoms with Crippen molar-refractivity contribution in [3.05, 3.63) is 53.9 Å². The second-order valence-corrected chi connectivity index (χ2v) is 6.12. The number of aliphatic hydroxyl groups excluding tert-OH is 1. The summed E-state index contributed by atoms with van der Waals surface area (Å²) in [6.45, 7) is 6.65. The molecular formula is C19H30N4O. The van der Waals surface area contributed by atoms with Gasteiger partial charge in [-0.05, 0) is 31.4 Å². The van der Waals surface area contributed by atoms with Gasteiger partial charge in [0.15, 0.2) is 0 Å². The molecule has 0 aliphatic heterocycles. The first-order valence-corrected chi connectivity index (χ1v) is 8.93. The number of aromatic nitrogens is 2. The summed E-state index contributed by atoms with van der Waals surface area (Å²) in [6, 6.07) is 10.3. The quantitative estimate of drug-likeness (QED) is 0.553. The van der Waals surface area contributed by atoms with Crippen LogP contribution in [0.2, 0.25) is 0 Å². The fourth-order valence-electron chi connectivity index (χ4n) is 2.77. The third kappa shape index (κ3) is 6.07. The Balaban J connectivity index is 1.82. The molecule has 0 radical (unpaired) electrons. The second-order valence-electron chi connectivity index (χ2n) is 6.12. The van der Waals surface area contributed by atoms with Crippen molar-refractivity contribution in [2.45, 2.75) is 58.5 Å². The Bertz CT molecular complexity index is 570. The molecular weight excluding hydrogens is 300 g/mol. The number of rotatable bonds is 11. The van der Waals surface area contributed by atoms with Gasteiger partial charge in [0.05, 0.1) is 18.5 Å². The average Bonchev–Trinajstić information content (AvgIpc) is 3.05. The fourth-order valence-corrected chi connectivity index (χ4v) is 2.77. The lowest BCUT2D eigenvalue weighted by Crippen LogP contribution is -2.50. The first-order chi connectivity index (χ1) is 11.7. The van der Waals surface area contributed by atoms with Crippen molar-refractivity contribution in [1.82, 2.24) is 20.4 Å². The largest absolute Gasteiger partial charge is 0.390 e. The minimum absolute atomic E-state index is 0.117. The molecule has 2 aromatic rings. The van der Waals surface area contributed by atoms with Gasteiger partial charge in [-0.2, -0.15) is 5.10 Å². The van der Waals surface area contributed by atoms with E-state index in [1.54, 1.807) is 0 Å². The average molecular weight is 330 g/mol. The Labute approximate surface area is 145 Å². The third-order valence-corrected chi connectivity index (χ3v) is 4.05. The van der Waals surface area contributed by atoms with E-state index < -0.39 is 6.10 Å². The Morgan fingerprint density at radius 1 is 1.12 bits per heavy atom. The van der Waals surface area contributed by atoms with Crippen LogP contribution in [0.3, 0.4) is 0 Å². The van der Waals surface area contributed by atoms with Crippen LogP contribution in [0.1, 0.15) is 37.8 Å². The van der Waals surface area contributed by atoms with E-state index in [2.05, 4.69) is 47.9 Å². The van der Waals surface area contributed by atoms with E-state index in [9.17, 15) is 5.11 Å². The lowest BCUT2D eigenvalue weighted by Gasteiger charge is -2.25. The van der Waals surface area contributed by atoms with E-state index in [1.165, 1.54) is 5.56 Å². The maximum absolute atomic E-state index is 10.5. The second kappa shape index (κ2) is 10.2. The summed E-state index contributed by atoms with van der Waals surface area (Å²) in [5.74, 6) is 0. The summed E-state index contributed by atoms with van der Waals surface area (Å²) >= 11 is 0. The molecule has 0 bridgehead atoms. The molecule has 5 nitrogen and oxygen atoms in total. The van der Waals surface area contributed by atoms with Gasteiger partial charge in [0.25, 0.3) is 0 Å². The molecule has 0 saturated carbocycles. The number of hydrogen-bond acceptors (Lipinski definition) is 4. The van der Waals surface area contributed by atoms with Crippen molar-refractivity contribution in [2.75, 3.05) is 6.54 Å².